The zero-order valence-electron chi connectivity index (χ0n) is 22.1. The lowest BCUT2D eigenvalue weighted by molar-refractivity contribution is 0.0922. The van der Waals surface area contributed by atoms with E-state index in [1.165, 1.54) is 18.6 Å². The van der Waals surface area contributed by atoms with Gasteiger partial charge in [-0.1, -0.05) is 85.8 Å². The van der Waals surface area contributed by atoms with E-state index < -0.39 is 0 Å². The molecule has 8 nitrogen and oxygen atoms in total. The van der Waals surface area contributed by atoms with E-state index in [-0.39, 0.29) is 36.7 Å². The fourth-order valence-electron chi connectivity index (χ4n) is 4.51. The average molecular weight is 532 g/mol. The molecule has 2 amide bonds. The molecule has 5 rings (SSSR count). The second-order valence-electron chi connectivity index (χ2n) is 9.09. The molecule has 0 bridgehead atoms. The Labute approximate surface area is 232 Å². The lowest BCUT2D eigenvalue weighted by Gasteiger charge is -2.21. The van der Waals surface area contributed by atoms with E-state index in [1.807, 2.05) is 91.9 Å². The summed E-state index contributed by atoms with van der Waals surface area (Å²) in [7, 11) is 0. The molecular weight excluding hydrogens is 502 g/mol. The lowest BCUT2D eigenvalue weighted by Crippen LogP contribution is -2.31. The summed E-state index contributed by atoms with van der Waals surface area (Å²) in [6.07, 6.45) is 5.08. The van der Waals surface area contributed by atoms with Crippen LogP contribution in [0.1, 0.15) is 45.8 Å². The summed E-state index contributed by atoms with van der Waals surface area (Å²) in [6, 6.07) is 26.9. The van der Waals surface area contributed by atoms with Crippen molar-refractivity contribution < 1.29 is 14.3 Å². The molecule has 8 heteroatoms. The van der Waals surface area contributed by atoms with Crippen LogP contribution in [0.15, 0.2) is 104 Å². The molecule has 1 atom stereocenters. The number of ether oxygens (including phenoxy) is 1. The third-order valence-electron chi connectivity index (χ3n) is 6.47. The maximum Gasteiger partial charge on any atom is 0.271 e. The summed E-state index contributed by atoms with van der Waals surface area (Å²) in [4.78, 5) is 39.3. The van der Waals surface area contributed by atoms with Crippen LogP contribution in [-0.4, -0.2) is 39.9 Å². The Hall–Kier alpha value is -5.11. The molecule has 5 aromatic rings. The molecule has 2 heterocycles. The molecule has 0 aliphatic heterocycles. The number of para-hydroxylation sites is 1. The highest BCUT2D eigenvalue weighted by molar-refractivity contribution is 6.10. The normalized spacial score (nSPS) is 11.5. The molecule has 2 N–H and O–H groups in total. The minimum absolute atomic E-state index is 0.113. The van der Waals surface area contributed by atoms with E-state index >= 15 is 0 Å². The van der Waals surface area contributed by atoms with Crippen molar-refractivity contribution >= 4 is 22.7 Å². The van der Waals surface area contributed by atoms with Crippen molar-refractivity contribution in [3.05, 3.63) is 120 Å². The number of carbonyl (C=O) groups is 2. The standard InChI is InChI=1S/C32H29N5O3/c1-2-25(22-11-5-3-6-12-22)37-32(39)28-24-15-9-10-16-26(24)36-29(23-13-7-4-8-14-23)30(28)40-20-19-35-31(38)27-21-33-17-18-34-27/h3-18,21,25H,2,19-20H2,1H3,(H,35,38)(H,37,39)/t25-/m0/s1. The number of rotatable bonds is 10. The van der Waals surface area contributed by atoms with Gasteiger partial charge < -0.3 is 15.4 Å². The Bertz CT molecular complexity index is 1600. The number of carbonyl (C=O) groups excluding carboxylic acids is 2. The number of aromatic nitrogens is 3. The zero-order chi connectivity index (χ0) is 27.7. The average Bonchev–Trinajstić information content (AvgIpc) is 3.02. The van der Waals surface area contributed by atoms with Crippen molar-refractivity contribution in [2.75, 3.05) is 13.2 Å². The highest BCUT2D eigenvalue weighted by Crippen LogP contribution is 2.37. The van der Waals surface area contributed by atoms with Crippen LogP contribution in [0, 0.1) is 0 Å². The first kappa shape index (κ1) is 26.5. The van der Waals surface area contributed by atoms with Crippen molar-refractivity contribution in [2.24, 2.45) is 0 Å². The fraction of sp³-hybridized carbons (Fsp3) is 0.156. The molecule has 0 saturated carbocycles. The quantitative estimate of drug-likeness (QED) is 0.234. The number of hydrogen-bond donors (Lipinski definition) is 2. The predicted octanol–water partition coefficient (Wildman–Crippen LogP) is 5.38. The van der Waals surface area contributed by atoms with Gasteiger partial charge in [-0.15, -0.1) is 0 Å². The molecule has 2 aromatic heterocycles. The lowest BCUT2D eigenvalue weighted by atomic mass is 10.00. The van der Waals surface area contributed by atoms with Crippen molar-refractivity contribution in [1.82, 2.24) is 25.6 Å². The van der Waals surface area contributed by atoms with Crippen LogP contribution >= 0.6 is 0 Å². The van der Waals surface area contributed by atoms with Crippen LogP contribution in [0.2, 0.25) is 0 Å². The first-order chi connectivity index (χ1) is 19.7. The van der Waals surface area contributed by atoms with Crippen LogP contribution in [0.4, 0.5) is 0 Å². The van der Waals surface area contributed by atoms with E-state index in [2.05, 4.69) is 20.6 Å². The molecule has 3 aromatic carbocycles. The first-order valence-electron chi connectivity index (χ1n) is 13.2. The number of pyridine rings is 1. The molecule has 0 saturated heterocycles. The van der Waals surface area contributed by atoms with E-state index in [9.17, 15) is 9.59 Å². The highest BCUT2D eigenvalue weighted by atomic mass is 16.5. The van der Waals surface area contributed by atoms with Crippen LogP contribution in [-0.2, 0) is 0 Å². The van der Waals surface area contributed by atoms with Gasteiger partial charge in [0.15, 0.2) is 5.75 Å². The van der Waals surface area contributed by atoms with Crippen LogP contribution in [0.3, 0.4) is 0 Å². The van der Waals surface area contributed by atoms with Gasteiger partial charge in [0.2, 0.25) is 0 Å². The summed E-state index contributed by atoms with van der Waals surface area (Å²) in [5, 5.41) is 6.68. The number of nitrogens with zero attached hydrogens (tertiary/aromatic N) is 3. The van der Waals surface area contributed by atoms with E-state index in [4.69, 9.17) is 9.72 Å². The third kappa shape index (κ3) is 5.96. The predicted molar refractivity (Wildman–Crippen MR) is 154 cm³/mol. The Morgan fingerprint density at radius 1 is 0.875 bits per heavy atom. The number of amides is 2. The summed E-state index contributed by atoms with van der Waals surface area (Å²) in [5.74, 6) is -0.257. The largest absolute Gasteiger partial charge is 0.489 e. The molecular formula is C32H29N5O3. The monoisotopic (exact) mass is 531 g/mol. The Kier molecular flexibility index (Phi) is 8.36. The number of nitrogens with one attached hydrogen (secondary N) is 2. The highest BCUT2D eigenvalue weighted by Gasteiger charge is 2.25. The Morgan fingerprint density at radius 2 is 1.60 bits per heavy atom. The summed E-state index contributed by atoms with van der Waals surface area (Å²) in [6.45, 7) is 2.34. The van der Waals surface area contributed by atoms with Gasteiger partial charge in [-0.25, -0.2) is 9.97 Å². The SMILES string of the molecule is CC[C@H](NC(=O)c1c(OCCNC(=O)c2cnccn2)c(-c2ccccc2)nc2ccccc12)c1ccccc1. The summed E-state index contributed by atoms with van der Waals surface area (Å²) in [5.41, 5.74) is 3.69. The van der Waals surface area contributed by atoms with Crippen molar-refractivity contribution in [3.8, 4) is 17.0 Å². The number of benzene rings is 3. The summed E-state index contributed by atoms with van der Waals surface area (Å²) < 4.78 is 6.29. The van der Waals surface area contributed by atoms with Gasteiger partial charge in [-0.05, 0) is 18.1 Å². The van der Waals surface area contributed by atoms with Crippen LogP contribution in [0.25, 0.3) is 22.2 Å². The van der Waals surface area contributed by atoms with Gasteiger partial charge in [0.25, 0.3) is 11.8 Å². The molecule has 0 aliphatic carbocycles. The number of fused-ring (bicyclic) bond motifs is 1. The first-order valence-corrected chi connectivity index (χ1v) is 13.2. The molecule has 0 aliphatic rings. The van der Waals surface area contributed by atoms with Crippen LogP contribution in [0.5, 0.6) is 5.75 Å². The molecule has 0 unspecified atom stereocenters. The van der Waals surface area contributed by atoms with Crippen molar-refractivity contribution in [1.29, 1.82) is 0 Å². The third-order valence-corrected chi connectivity index (χ3v) is 6.47. The molecule has 40 heavy (non-hydrogen) atoms. The van der Waals surface area contributed by atoms with Gasteiger partial charge in [-0.2, -0.15) is 0 Å². The second-order valence-corrected chi connectivity index (χ2v) is 9.09. The number of hydrogen-bond acceptors (Lipinski definition) is 6. The Balaban J connectivity index is 1.50. The van der Waals surface area contributed by atoms with E-state index in [1.54, 1.807) is 0 Å². The van der Waals surface area contributed by atoms with Gasteiger partial charge in [0.05, 0.1) is 29.9 Å². The smallest absolute Gasteiger partial charge is 0.271 e. The fourth-order valence-corrected chi connectivity index (χ4v) is 4.51. The van der Waals surface area contributed by atoms with E-state index in [0.29, 0.717) is 27.9 Å². The second kappa shape index (κ2) is 12.6. The van der Waals surface area contributed by atoms with Gasteiger partial charge in [0.1, 0.15) is 18.0 Å². The van der Waals surface area contributed by atoms with Crippen LogP contribution < -0.4 is 15.4 Å². The topological polar surface area (TPSA) is 106 Å². The van der Waals surface area contributed by atoms with Crippen molar-refractivity contribution in [3.63, 3.8) is 0 Å². The zero-order valence-corrected chi connectivity index (χ0v) is 22.1. The molecule has 0 fully saturated rings. The minimum Gasteiger partial charge on any atom is -0.489 e. The van der Waals surface area contributed by atoms with Crippen molar-refractivity contribution in [2.45, 2.75) is 19.4 Å². The Morgan fingerprint density at radius 3 is 2.33 bits per heavy atom. The maximum absolute atomic E-state index is 14.0. The summed E-state index contributed by atoms with van der Waals surface area (Å²) >= 11 is 0. The van der Waals surface area contributed by atoms with Gasteiger partial charge in [-0.3, -0.25) is 14.6 Å². The minimum atomic E-state index is -0.358. The molecule has 200 valence electrons. The maximum atomic E-state index is 14.0. The van der Waals surface area contributed by atoms with Gasteiger partial charge >= 0.3 is 0 Å². The van der Waals surface area contributed by atoms with Gasteiger partial charge in [0, 0.05) is 23.3 Å². The molecule has 0 radical (unpaired) electrons. The van der Waals surface area contributed by atoms with E-state index in [0.717, 1.165) is 17.5 Å². The molecule has 0 spiro atoms.